The Morgan fingerprint density at radius 1 is 1.26 bits per heavy atom. The number of fused-ring (bicyclic) bond motifs is 1. The molecule has 0 saturated carbocycles. The second-order valence-electron chi connectivity index (χ2n) is 6.20. The zero-order chi connectivity index (χ0) is 19.0. The minimum Gasteiger partial charge on any atom is -0.497 e. The van der Waals surface area contributed by atoms with Crippen molar-refractivity contribution in [2.75, 3.05) is 18.6 Å². The smallest absolute Gasteiger partial charge is 0.280 e. The van der Waals surface area contributed by atoms with Crippen LogP contribution in [0.3, 0.4) is 0 Å². The van der Waals surface area contributed by atoms with Crippen LogP contribution in [-0.2, 0) is 0 Å². The monoisotopic (exact) mass is 368 g/mol. The van der Waals surface area contributed by atoms with Gasteiger partial charge in [0.05, 0.1) is 31.2 Å². The van der Waals surface area contributed by atoms with Crippen LogP contribution in [0.25, 0.3) is 5.69 Å². The van der Waals surface area contributed by atoms with Crippen LogP contribution >= 0.6 is 0 Å². The molecule has 2 aromatic carbocycles. The van der Waals surface area contributed by atoms with Crippen molar-refractivity contribution in [3.8, 4) is 17.2 Å². The number of methoxy groups -OCH3 is 1. The Kier molecular flexibility index (Phi) is 4.23. The first-order chi connectivity index (χ1) is 13.0. The summed E-state index contributed by atoms with van der Waals surface area (Å²) in [6.45, 7) is 2.27. The van der Waals surface area contributed by atoms with E-state index >= 15 is 0 Å². The Labute approximate surface area is 154 Å². The first-order valence-corrected chi connectivity index (χ1v) is 8.40. The van der Waals surface area contributed by atoms with Crippen LogP contribution in [0.5, 0.6) is 11.5 Å². The summed E-state index contributed by atoms with van der Waals surface area (Å²) in [5.74, 6) is 0.588. The number of amides is 1. The summed E-state index contributed by atoms with van der Waals surface area (Å²) >= 11 is 0. The molecule has 0 radical (unpaired) electrons. The standard InChI is InChI=1S/C19H17FN4O3/c1-12-10-23(17-9-15(26-2)7-8-18(17)27-12)19(25)16-11-24(22-21-16)14-5-3-13(20)4-6-14/h3-9,11-12H,10H2,1-2H3/t12-/m1/s1. The van der Waals surface area contributed by atoms with Gasteiger partial charge in [-0.3, -0.25) is 9.69 Å². The maximum absolute atomic E-state index is 13.1. The summed E-state index contributed by atoms with van der Waals surface area (Å²) in [6.07, 6.45) is 1.36. The van der Waals surface area contributed by atoms with Gasteiger partial charge in [-0.1, -0.05) is 5.21 Å². The molecule has 4 rings (SSSR count). The molecule has 0 saturated heterocycles. The van der Waals surface area contributed by atoms with E-state index in [0.29, 0.717) is 29.4 Å². The lowest BCUT2D eigenvalue weighted by Gasteiger charge is -2.33. The third-order valence-corrected chi connectivity index (χ3v) is 4.27. The van der Waals surface area contributed by atoms with Crippen molar-refractivity contribution in [1.82, 2.24) is 15.0 Å². The van der Waals surface area contributed by atoms with E-state index in [0.717, 1.165) is 0 Å². The molecule has 1 aliphatic heterocycles. The molecule has 8 heteroatoms. The number of hydrogen-bond donors (Lipinski definition) is 0. The third kappa shape index (κ3) is 3.21. The van der Waals surface area contributed by atoms with Crippen molar-refractivity contribution in [3.63, 3.8) is 0 Å². The van der Waals surface area contributed by atoms with E-state index in [9.17, 15) is 9.18 Å². The Bertz CT molecular complexity index is 987. The summed E-state index contributed by atoms with van der Waals surface area (Å²) in [7, 11) is 1.56. The van der Waals surface area contributed by atoms with Gasteiger partial charge >= 0.3 is 0 Å². The van der Waals surface area contributed by atoms with Gasteiger partial charge in [-0.05, 0) is 43.3 Å². The third-order valence-electron chi connectivity index (χ3n) is 4.27. The maximum Gasteiger partial charge on any atom is 0.280 e. The average molecular weight is 368 g/mol. The number of ether oxygens (including phenoxy) is 2. The van der Waals surface area contributed by atoms with Crippen LogP contribution < -0.4 is 14.4 Å². The van der Waals surface area contributed by atoms with Crippen LogP contribution in [0.1, 0.15) is 17.4 Å². The largest absolute Gasteiger partial charge is 0.497 e. The number of benzene rings is 2. The van der Waals surface area contributed by atoms with E-state index in [-0.39, 0.29) is 23.5 Å². The number of rotatable bonds is 3. The average Bonchev–Trinajstić information content (AvgIpc) is 3.17. The van der Waals surface area contributed by atoms with Crippen molar-refractivity contribution in [2.24, 2.45) is 0 Å². The highest BCUT2D eigenvalue weighted by Crippen LogP contribution is 2.37. The molecule has 0 aliphatic carbocycles. The minimum atomic E-state index is -0.344. The fourth-order valence-electron chi connectivity index (χ4n) is 2.96. The lowest BCUT2D eigenvalue weighted by molar-refractivity contribution is 0.0956. The second kappa shape index (κ2) is 6.71. The highest BCUT2D eigenvalue weighted by Gasteiger charge is 2.30. The van der Waals surface area contributed by atoms with E-state index in [1.807, 2.05) is 6.92 Å². The van der Waals surface area contributed by atoms with Crippen molar-refractivity contribution < 1.29 is 18.7 Å². The quantitative estimate of drug-likeness (QED) is 0.711. The molecule has 7 nitrogen and oxygen atoms in total. The summed E-state index contributed by atoms with van der Waals surface area (Å²) in [4.78, 5) is 14.7. The Balaban J connectivity index is 1.66. The number of carbonyl (C=O) groups is 1. The molecule has 3 aromatic rings. The Hall–Kier alpha value is -3.42. The van der Waals surface area contributed by atoms with Crippen LogP contribution in [0.15, 0.2) is 48.7 Å². The number of anilines is 1. The molecule has 1 amide bonds. The lowest BCUT2D eigenvalue weighted by atomic mass is 10.1. The maximum atomic E-state index is 13.1. The zero-order valence-electron chi connectivity index (χ0n) is 14.8. The second-order valence-corrected chi connectivity index (χ2v) is 6.20. The highest BCUT2D eigenvalue weighted by molar-refractivity contribution is 6.06. The Morgan fingerprint density at radius 2 is 2.04 bits per heavy atom. The molecule has 1 aliphatic rings. The molecular formula is C19H17FN4O3. The molecule has 1 atom stereocenters. The topological polar surface area (TPSA) is 69.5 Å². The predicted octanol–water partition coefficient (Wildman–Crippen LogP) is 2.84. The number of halogens is 1. The molecule has 2 heterocycles. The molecule has 138 valence electrons. The van der Waals surface area contributed by atoms with E-state index < -0.39 is 0 Å². The van der Waals surface area contributed by atoms with Crippen LogP contribution in [0.2, 0.25) is 0 Å². The van der Waals surface area contributed by atoms with Gasteiger partial charge < -0.3 is 9.47 Å². The van der Waals surface area contributed by atoms with Gasteiger partial charge in [0.2, 0.25) is 0 Å². The van der Waals surface area contributed by atoms with E-state index in [1.54, 1.807) is 42.3 Å². The molecule has 0 fully saturated rings. The summed E-state index contributed by atoms with van der Waals surface area (Å²) in [5.41, 5.74) is 1.41. The van der Waals surface area contributed by atoms with Crippen molar-refractivity contribution in [1.29, 1.82) is 0 Å². The summed E-state index contributed by atoms with van der Waals surface area (Å²) < 4.78 is 25.6. The first-order valence-electron chi connectivity index (χ1n) is 8.40. The molecule has 0 spiro atoms. The minimum absolute atomic E-state index is 0.165. The molecular weight excluding hydrogens is 351 g/mol. The van der Waals surface area contributed by atoms with Gasteiger partial charge in [0, 0.05) is 6.07 Å². The van der Waals surface area contributed by atoms with Gasteiger partial charge in [0.1, 0.15) is 23.4 Å². The van der Waals surface area contributed by atoms with Gasteiger partial charge in [-0.2, -0.15) is 0 Å². The van der Waals surface area contributed by atoms with Gasteiger partial charge in [-0.15, -0.1) is 5.10 Å². The van der Waals surface area contributed by atoms with E-state index in [4.69, 9.17) is 9.47 Å². The van der Waals surface area contributed by atoms with Gasteiger partial charge in [0.25, 0.3) is 5.91 Å². The summed E-state index contributed by atoms with van der Waals surface area (Å²) in [6, 6.07) is 11.1. The highest BCUT2D eigenvalue weighted by atomic mass is 19.1. The van der Waals surface area contributed by atoms with E-state index in [2.05, 4.69) is 10.3 Å². The van der Waals surface area contributed by atoms with Crippen molar-refractivity contribution in [3.05, 3.63) is 60.2 Å². The first kappa shape index (κ1) is 17.0. The normalized spacial score (nSPS) is 15.8. The van der Waals surface area contributed by atoms with Crippen molar-refractivity contribution in [2.45, 2.75) is 13.0 Å². The van der Waals surface area contributed by atoms with Crippen molar-refractivity contribution >= 4 is 11.6 Å². The lowest BCUT2D eigenvalue weighted by Crippen LogP contribution is -2.42. The number of nitrogens with zero attached hydrogens (tertiary/aromatic N) is 4. The van der Waals surface area contributed by atoms with Gasteiger partial charge in [0.15, 0.2) is 5.69 Å². The molecule has 0 N–H and O–H groups in total. The molecule has 1 aromatic heterocycles. The Morgan fingerprint density at radius 3 is 2.78 bits per heavy atom. The number of carbonyl (C=O) groups excluding carboxylic acids is 1. The SMILES string of the molecule is COc1ccc2c(c1)N(C(=O)c1cn(-c3ccc(F)cc3)nn1)C[C@@H](C)O2. The van der Waals surface area contributed by atoms with E-state index in [1.165, 1.54) is 23.0 Å². The fourth-order valence-corrected chi connectivity index (χ4v) is 2.96. The molecule has 27 heavy (non-hydrogen) atoms. The van der Waals surface area contributed by atoms with Gasteiger partial charge in [-0.25, -0.2) is 9.07 Å². The zero-order valence-corrected chi connectivity index (χ0v) is 14.8. The predicted molar refractivity (Wildman–Crippen MR) is 96.1 cm³/mol. The fraction of sp³-hybridized carbons (Fsp3) is 0.211. The number of aromatic nitrogens is 3. The molecule has 0 bridgehead atoms. The van der Waals surface area contributed by atoms with Crippen LogP contribution in [0.4, 0.5) is 10.1 Å². The summed E-state index contributed by atoms with van der Waals surface area (Å²) in [5, 5.41) is 7.97. The number of hydrogen-bond acceptors (Lipinski definition) is 5. The van der Waals surface area contributed by atoms with Crippen LogP contribution in [0, 0.1) is 5.82 Å². The van der Waals surface area contributed by atoms with Crippen LogP contribution in [-0.4, -0.2) is 40.7 Å². The molecule has 0 unspecified atom stereocenters.